The molecular weight excluding hydrogens is 228 g/mol. The van der Waals surface area contributed by atoms with Crippen LogP contribution in [0.1, 0.15) is 52.4 Å². The molecule has 2 fully saturated rings. The van der Waals surface area contributed by atoms with E-state index in [2.05, 4.69) is 24.1 Å². The molecule has 0 aromatic heterocycles. The fourth-order valence-electron chi connectivity index (χ4n) is 3.35. The zero-order chi connectivity index (χ0) is 13.1. The van der Waals surface area contributed by atoms with E-state index in [1.807, 2.05) is 0 Å². The lowest BCUT2D eigenvalue weighted by atomic mass is 10.1. The van der Waals surface area contributed by atoms with E-state index in [0.717, 1.165) is 38.5 Å². The van der Waals surface area contributed by atoms with E-state index in [1.165, 1.54) is 0 Å². The quantitative estimate of drug-likeness (QED) is 0.814. The normalized spacial score (nSPS) is 36.6. The fraction of sp³-hybridized carbons (Fsp3) is 0.929. The van der Waals surface area contributed by atoms with Crippen LogP contribution >= 0.6 is 0 Å². The molecule has 4 atom stereocenters. The molecule has 1 saturated carbocycles. The van der Waals surface area contributed by atoms with Crippen LogP contribution in [0.2, 0.25) is 0 Å². The van der Waals surface area contributed by atoms with Crippen LogP contribution in [0.5, 0.6) is 0 Å². The predicted molar refractivity (Wildman–Crippen MR) is 71.2 cm³/mol. The number of ether oxygens (including phenoxy) is 1. The summed E-state index contributed by atoms with van der Waals surface area (Å²) in [6, 6.07) is 0.420. The van der Waals surface area contributed by atoms with Gasteiger partial charge in [0.15, 0.2) is 0 Å². The fourth-order valence-corrected chi connectivity index (χ4v) is 3.35. The second kappa shape index (κ2) is 6.02. The van der Waals surface area contributed by atoms with Gasteiger partial charge in [0.1, 0.15) is 0 Å². The van der Waals surface area contributed by atoms with Crippen LogP contribution in [0, 0.1) is 0 Å². The number of rotatable bonds is 5. The molecule has 1 aliphatic heterocycles. The van der Waals surface area contributed by atoms with Gasteiger partial charge >= 0.3 is 0 Å². The maximum atomic E-state index is 12.5. The summed E-state index contributed by atoms with van der Waals surface area (Å²) in [6.45, 7) is 4.28. The number of carbonyl (C=O) groups is 1. The monoisotopic (exact) mass is 254 g/mol. The molecule has 2 aliphatic rings. The summed E-state index contributed by atoms with van der Waals surface area (Å²) in [5.74, 6) is 0.311. The predicted octanol–water partition coefficient (Wildman–Crippen LogP) is 1.89. The molecule has 0 radical (unpaired) electrons. The Morgan fingerprint density at radius 1 is 1.39 bits per heavy atom. The van der Waals surface area contributed by atoms with Gasteiger partial charge in [0, 0.05) is 13.2 Å². The van der Waals surface area contributed by atoms with E-state index < -0.39 is 0 Å². The lowest BCUT2D eigenvalue weighted by Crippen LogP contribution is -2.43. The molecule has 2 rings (SSSR count). The Balaban J connectivity index is 2.03. The van der Waals surface area contributed by atoms with Crippen LogP contribution in [-0.4, -0.2) is 42.3 Å². The minimum atomic E-state index is 0.0431. The van der Waals surface area contributed by atoms with Gasteiger partial charge in [-0.25, -0.2) is 0 Å². The van der Waals surface area contributed by atoms with Crippen molar-refractivity contribution < 1.29 is 9.53 Å². The number of nitrogens with one attached hydrogen (secondary N) is 1. The standard InChI is InChI=1S/C14H26N2O2/c1-4-6-12-14(17)16(13(5-2)15-12)10-7-8-11(9-10)18-3/h10-13,15H,4-9H2,1-3H3. The van der Waals surface area contributed by atoms with Crippen LogP contribution < -0.4 is 5.32 Å². The van der Waals surface area contributed by atoms with Gasteiger partial charge in [-0.2, -0.15) is 0 Å². The number of hydrogen-bond donors (Lipinski definition) is 1. The third kappa shape index (κ3) is 2.54. The Bertz CT molecular complexity index is 296. The lowest BCUT2D eigenvalue weighted by Gasteiger charge is -2.29. The Morgan fingerprint density at radius 3 is 2.72 bits per heavy atom. The van der Waals surface area contributed by atoms with Gasteiger partial charge in [0.2, 0.25) is 5.91 Å². The molecule has 18 heavy (non-hydrogen) atoms. The van der Waals surface area contributed by atoms with E-state index in [4.69, 9.17) is 4.74 Å². The zero-order valence-corrected chi connectivity index (χ0v) is 11.8. The molecule has 1 amide bonds. The number of nitrogens with zero attached hydrogens (tertiary/aromatic N) is 1. The lowest BCUT2D eigenvalue weighted by molar-refractivity contribution is -0.132. The molecule has 1 heterocycles. The highest BCUT2D eigenvalue weighted by molar-refractivity contribution is 5.84. The first kappa shape index (κ1) is 13.8. The number of carbonyl (C=O) groups excluding carboxylic acids is 1. The summed E-state index contributed by atoms with van der Waals surface area (Å²) in [5.41, 5.74) is 0. The van der Waals surface area contributed by atoms with Gasteiger partial charge in [-0.15, -0.1) is 0 Å². The van der Waals surface area contributed by atoms with Crippen molar-refractivity contribution >= 4 is 5.91 Å². The molecule has 1 N–H and O–H groups in total. The number of amides is 1. The van der Waals surface area contributed by atoms with Crippen molar-refractivity contribution in [3.05, 3.63) is 0 Å². The first-order valence-corrected chi connectivity index (χ1v) is 7.32. The highest BCUT2D eigenvalue weighted by atomic mass is 16.5. The smallest absolute Gasteiger partial charge is 0.241 e. The third-order valence-corrected chi connectivity index (χ3v) is 4.33. The van der Waals surface area contributed by atoms with Crippen LogP contribution in [-0.2, 0) is 9.53 Å². The summed E-state index contributed by atoms with van der Waals surface area (Å²) >= 11 is 0. The zero-order valence-electron chi connectivity index (χ0n) is 11.8. The van der Waals surface area contributed by atoms with Crippen molar-refractivity contribution in [1.82, 2.24) is 10.2 Å². The first-order valence-electron chi connectivity index (χ1n) is 7.32. The molecular formula is C14H26N2O2. The number of methoxy groups -OCH3 is 1. The van der Waals surface area contributed by atoms with Crippen LogP contribution in [0.25, 0.3) is 0 Å². The Kier molecular flexibility index (Phi) is 4.62. The Labute approximate surface area is 110 Å². The Hall–Kier alpha value is -0.610. The highest BCUT2D eigenvalue weighted by Crippen LogP contribution is 2.31. The second-order valence-corrected chi connectivity index (χ2v) is 5.50. The van der Waals surface area contributed by atoms with Crippen molar-refractivity contribution in [3.63, 3.8) is 0 Å². The van der Waals surface area contributed by atoms with Gasteiger partial charge in [0.05, 0.1) is 18.3 Å². The molecule has 0 spiro atoms. The summed E-state index contributed by atoms with van der Waals surface area (Å²) in [4.78, 5) is 14.6. The van der Waals surface area contributed by atoms with E-state index >= 15 is 0 Å². The molecule has 0 bridgehead atoms. The highest BCUT2D eigenvalue weighted by Gasteiger charge is 2.43. The average Bonchev–Trinajstić information content (AvgIpc) is 2.95. The molecule has 1 saturated heterocycles. The van der Waals surface area contributed by atoms with Gasteiger partial charge in [-0.3, -0.25) is 10.1 Å². The maximum Gasteiger partial charge on any atom is 0.241 e. The average molecular weight is 254 g/mol. The van der Waals surface area contributed by atoms with Crippen molar-refractivity contribution in [2.24, 2.45) is 0 Å². The molecule has 4 unspecified atom stereocenters. The van der Waals surface area contributed by atoms with Crippen molar-refractivity contribution in [3.8, 4) is 0 Å². The topological polar surface area (TPSA) is 41.6 Å². The summed E-state index contributed by atoms with van der Waals surface area (Å²) in [7, 11) is 1.77. The number of hydrogen-bond acceptors (Lipinski definition) is 3. The van der Waals surface area contributed by atoms with E-state index in [-0.39, 0.29) is 12.2 Å². The van der Waals surface area contributed by atoms with Crippen molar-refractivity contribution in [2.45, 2.75) is 76.7 Å². The second-order valence-electron chi connectivity index (χ2n) is 5.50. The van der Waals surface area contributed by atoms with Crippen molar-refractivity contribution in [2.75, 3.05) is 7.11 Å². The van der Waals surface area contributed by atoms with Crippen LogP contribution in [0.15, 0.2) is 0 Å². The van der Waals surface area contributed by atoms with E-state index in [1.54, 1.807) is 7.11 Å². The first-order chi connectivity index (χ1) is 8.71. The largest absolute Gasteiger partial charge is 0.381 e. The summed E-state index contributed by atoms with van der Waals surface area (Å²) in [6.07, 6.45) is 6.73. The minimum absolute atomic E-state index is 0.0431. The molecule has 104 valence electrons. The van der Waals surface area contributed by atoms with Gasteiger partial charge in [0.25, 0.3) is 0 Å². The molecule has 4 nitrogen and oxygen atoms in total. The maximum absolute atomic E-state index is 12.5. The van der Waals surface area contributed by atoms with Gasteiger partial charge in [-0.05, 0) is 32.1 Å². The van der Waals surface area contributed by atoms with E-state index in [9.17, 15) is 4.79 Å². The SMILES string of the molecule is CCCC1NC(CC)N(C2CCC(OC)C2)C1=O. The van der Waals surface area contributed by atoms with Gasteiger partial charge < -0.3 is 9.64 Å². The van der Waals surface area contributed by atoms with Crippen molar-refractivity contribution in [1.29, 1.82) is 0 Å². The van der Waals surface area contributed by atoms with Gasteiger partial charge in [-0.1, -0.05) is 20.3 Å². The van der Waals surface area contributed by atoms with Crippen LogP contribution in [0.4, 0.5) is 0 Å². The minimum Gasteiger partial charge on any atom is -0.381 e. The molecule has 0 aromatic rings. The molecule has 4 heteroatoms. The van der Waals surface area contributed by atoms with Crippen LogP contribution in [0.3, 0.4) is 0 Å². The molecule has 1 aliphatic carbocycles. The van der Waals surface area contributed by atoms with E-state index in [0.29, 0.717) is 18.1 Å². The Morgan fingerprint density at radius 2 is 2.17 bits per heavy atom. The summed E-state index contributed by atoms with van der Waals surface area (Å²) in [5, 5.41) is 3.49. The third-order valence-electron chi connectivity index (χ3n) is 4.33. The summed E-state index contributed by atoms with van der Waals surface area (Å²) < 4.78 is 5.42. The molecule has 0 aromatic carbocycles.